The van der Waals surface area contributed by atoms with Gasteiger partial charge in [-0.1, -0.05) is 24.3 Å². The van der Waals surface area contributed by atoms with Crippen molar-refractivity contribution in [3.05, 3.63) is 71.3 Å². The van der Waals surface area contributed by atoms with Crippen molar-refractivity contribution >= 4 is 0 Å². The highest BCUT2D eigenvalue weighted by molar-refractivity contribution is 5.20. The minimum atomic E-state index is -0.222. The van der Waals surface area contributed by atoms with Crippen LogP contribution in [0.25, 0.3) is 0 Å². The Kier molecular flexibility index (Phi) is 4.85. The van der Waals surface area contributed by atoms with E-state index in [9.17, 15) is 8.78 Å². The molecule has 0 radical (unpaired) electrons. The average Bonchev–Trinajstić information content (AvgIpc) is 2.42. The molecule has 1 nitrogen and oxygen atoms in total. The first-order chi connectivity index (χ1) is 9.54. The van der Waals surface area contributed by atoms with Gasteiger partial charge in [0.05, 0.1) is 0 Å². The van der Waals surface area contributed by atoms with Crippen LogP contribution in [-0.2, 0) is 6.42 Å². The minimum absolute atomic E-state index is 0.144. The van der Waals surface area contributed by atoms with Crippen molar-refractivity contribution in [1.29, 1.82) is 0 Å². The van der Waals surface area contributed by atoms with E-state index in [1.807, 2.05) is 6.92 Å². The molecular weight excluding hydrogens is 256 g/mol. The van der Waals surface area contributed by atoms with Crippen LogP contribution in [0.15, 0.2) is 48.5 Å². The molecule has 2 aromatic carbocycles. The number of hydrogen-bond donors (Lipinski definition) is 1. The Morgan fingerprint density at radius 3 is 1.90 bits per heavy atom. The van der Waals surface area contributed by atoms with E-state index in [1.54, 1.807) is 24.3 Å². The lowest BCUT2D eigenvalue weighted by atomic mass is 10.0. The highest BCUT2D eigenvalue weighted by atomic mass is 19.1. The fourth-order valence-electron chi connectivity index (χ4n) is 2.31. The van der Waals surface area contributed by atoms with Crippen LogP contribution in [0.2, 0.25) is 0 Å². The molecule has 2 rings (SSSR count). The van der Waals surface area contributed by atoms with Crippen molar-refractivity contribution < 1.29 is 8.78 Å². The third kappa shape index (κ3) is 4.14. The smallest absolute Gasteiger partial charge is 0.123 e. The van der Waals surface area contributed by atoms with E-state index in [0.29, 0.717) is 0 Å². The van der Waals surface area contributed by atoms with E-state index in [2.05, 4.69) is 12.2 Å². The molecule has 0 spiro atoms. The van der Waals surface area contributed by atoms with Gasteiger partial charge in [0, 0.05) is 12.1 Å². The van der Waals surface area contributed by atoms with Crippen molar-refractivity contribution in [3.8, 4) is 0 Å². The van der Waals surface area contributed by atoms with Crippen molar-refractivity contribution in [2.24, 2.45) is 0 Å². The van der Waals surface area contributed by atoms with Gasteiger partial charge < -0.3 is 5.32 Å². The normalized spacial score (nSPS) is 14.0. The molecule has 0 saturated carbocycles. The molecule has 0 aliphatic carbocycles. The number of nitrogens with one attached hydrogen (secondary N) is 1. The molecular formula is C17H19F2N. The van der Waals surface area contributed by atoms with Crippen molar-refractivity contribution in [2.75, 3.05) is 0 Å². The molecule has 0 aromatic heterocycles. The van der Waals surface area contributed by atoms with Gasteiger partial charge in [-0.05, 0) is 55.7 Å². The molecule has 3 heteroatoms. The number of benzene rings is 2. The summed E-state index contributed by atoms with van der Waals surface area (Å²) >= 11 is 0. The largest absolute Gasteiger partial charge is 0.307 e. The second-order valence-corrected chi connectivity index (χ2v) is 5.17. The Bertz CT molecular complexity index is 534. The summed E-state index contributed by atoms with van der Waals surface area (Å²) in [5.41, 5.74) is 2.15. The average molecular weight is 275 g/mol. The van der Waals surface area contributed by atoms with Gasteiger partial charge in [0.1, 0.15) is 11.6 Å². The first-order valence-corrected chi connectivity index (χ1v) is 6.80. The Morgan fingerprint density at radius 2 is 1.35 bits per heavy atom. The topological polar surface area (TPSA) is 12.0 Å². The van der Waals surface area contributed by atoms with Crippen LogP contribution in [0.4, 0.5) is 8.78 Å². The van der Waals surface area contributed by atoms with Gasteiger partial charge in [-0.15, -0.1) is 0 Å². The molecule has 0 bridgehead atoms. The van der Waals surface area contributed by atoms with E-state index in [-0.39, 0.29) is 23.7 Å². The zero-order valence-corrected chi connectivity index (χ0v) is 11.7. The van der Waals surface area contributed by atoms with Gasteiger partial charge in [-0.25, -0.2) is 8.78 Å². The Balaban J connectivity index is 1.92. The molecule has 0 saturated heterocycles. The summed E-state index contributed by atoms with van der Waals surface area (Å²) in [5, 5.41) is 3.46. The third-order valence-corrected chi connectivity index (χ3v) is 3.36. The van der Waals surface area contributed by atoms with E-state index < -0.39 is 0 Å². The van der Waals surface area contributed by atoms with Crippen LogP contribution in [0, 0.1) is 11.6 Å². The number of hydrogen-bond acceptors (Lipinski definition) is 1. The summed E-state index contributed by atoms with van der Waals surface area (Å²) in [6.07, 6.45) is 0.825. The first kappa shape index (κ1) is 14.7. The maximum Gasteiger partial charge on any atom is 0.123 e. The molecule has 1 N–H and O–H groups in total. The Morgan fingerprint density at radius 1 is 0.850 bits per heavy atom. The van der Waals surface area contributed by atoms with Gasteiger partial charge >= 0.3 is 0 Å². The van der Waals surface area contributed by atoms with E-state index in [1.165, 1.54) is 24.3 Å². The van der Waals surface area contributed by atoms with E-state index >= 15 is 0 Å². The second kappa shape index (κ2) is 6.62. The van der Waals surface area contributed by atoms with Gasteiger partial charge in [0.15, 0.2) is 0 Å². The molecule has 1 unspecified atom stereocenters. The maximum atomic E-state index is 12.9. The Labute approximate surface area is 118 Å². The molecule has 0 fully saturated rings. The van der Waals surface area contributed by atoms with Gasteiger partial charge in [0.2, 0.25) is 0 Å². The van der Waals surface area contributed by atoms with E-state index in [0.717, 1.165) is 17.5 Å². The predicted molar refractivity (Wildman–Crippen MR) is 77.5 cm³/mol. The lowest BCUT2D eigenvalue weighted by Gasteiger charge is -2.20. The molecule has 106 valence electrons. The van der Waals surface area contributed by atoms with Crippen LogP contribution in [0.3, 0.4) is 0 Å². The highest BCUT2D eigenvalue weighted by Crippen LogP contribution is 2.15. The van der Waals surface area contributed by atoms with Crippen LogP contribution < -0.4 is 5.32 Å². The predicted octanol–water partition coefficient (Wildman–Crippen LogP) is 4.25. The quantitative estimate of drug-likeness (QED) is 0.860. The minimum Gasteiger partial charge on any atom is -0.307 e. The van der Waals surface area contributed by atoms with Gasteiger partial charge in [0.25, 0.3) is 0 Å². The monoisotopic (exact) mass is 275 g/mol. The summed E-state index contributed by atoms with van der Waals surface area (Å²) < 4.78 is 25.7. The van der Waals surface area contributed by atoms with Crippen LogP contribution in [0.1, 0.15) is 31.0 Å². The molecule has 2 atom stereocenters. The summed E-state index contributed by atoms with van der Waals surface area (Å²) in [6, 6.07) is 13.5. The van der Waals surface area contributed by atoms with Gasteiger partial charge in [-0.2, -0.15) is 0 Å². The van der Waals surface area contributed by atoms with Crippen molar-refractivity contribution in [2.45, 2.75) is 32.4 Å². The van der Waals surface area contributed by atoms with Crippen LogP contribution >= 0.6 is 0 Å². The second-order valence-electron chi connectivity index (χ2n) is 5.17. The first-order valence-electron chi connectivity index (χ1n) is 6.80. The zero-order valence-electron chi connectivity index (χ0n) is 11.7. The maximum absolute atomic E-state index is 12.9. The number of rotatable bonds is 5. The standard InChI is InChI=1S/C17H19F2N/c1-12(11-14-3-7-16(18)8-4-14)20-13(2)15-5-9-17(19)10-6-15/h3-10,12-13,20H,11H2,1-2H3/t12?,13-/m1/s1. The zero-order chi connectivity index (χ0) is 14.5. The van der Waals surface area contributed by atoms with Crippen molar-refractivity contribution in [1.82, 2.24) is 5.32 Å². The highest BCUT2D eigenvalue weighted by Gasteiger charge is 2.10. The summed E-state index contributed by atoms with van der Waals surface area (Å²) in [7, 11) is 0. The SMILES string of the molecule is CC(Cc1ccc(F)cc1)N[C@H](C)c1ccc(F)cc1. The molecule has 0 heterocycles. The molecule has 2 aromatic rings. The summed E-state index contributed by atoms with van der Waals surface area (Å²) in [5.74, 6) is -0.436. The lowest BCUT2D eigenvalue weighted by Crippen LogP contribution is -2.30. The fraction of sp³-hybridized carbons (Fsp3) is 0.294. The molecule has 0 aliphatic heterocycles. The lowest BCUT2D eigenvalue weighted by molar-refractivity contribution is 0.476. The molecule has 20 heavy (non-hydrogen) atoms. The van der Waals surface area contributed by atoms with Crippen LogP contribution in [0.5, 0.6) is 0 Å². The fourth-order valence-corrected chi connectivity index (χ4v) is 2.31. The summed E-state index contributed by atoms with van der Waals surface area (Å²) in [4.78, 5) is 0. The van der Waals surface area contributed by atoms with E-state index in [4.69, 9.17) is 0 Å². The summed E-state index contributed by atoms with van der Waals surface area (Å²) in [6.45, 7) is 4.14. The third-order valence-electron chi connectivity index (χ3n) is 3.36. The Hall–Kier alpha value is -1.74. The molecule has 0 amide bonds. The van der Waals surface area contributed by atoms with Gasteiger partial charge in [-0.3, -0.25) is 0 Å². The van der Waals surface area contributed by atoms with Crippen molar-refractivity contribution in [3.63, 3.8) is 0 Å². The number of halogens is 2. The molecule has 0 aliphatic rings. The van der Waals surface area contributed by atoms with Crippen LogP contribution in [-0.4, -0.2) is 6.04 Å².